The summed E-state index contributed by atoms with van der Waals surface area (Å²) in [6, 6.07) is 15.8. The maximum atomic E-state index is 6.24. The fourth-order valence-corrected chi connectivity index (χ4v) is 3.86. The predicted molar refractivity (Wildman–Crippen MR) is 108 cm³/mol. The van der Waals surface area contributed by atoms with E-state index in [-0.39, 0.29) is 0 Å². The smallest absolute Gasteiger partial charge is 0.0985 e. The molecular formula is C22H24N4. The van der Waals surface area contributed by atoms with Crippen molar-refractivity contribution >= 4 is 11.4 Å². The van der Waals surface area contributed by atoms with Crippen molar-refractivity contribution in [3.05, 3.63) is 59.7 Å². The lowest BCUT2D eigenvalue weighted by molar-refractivity contribution is 0.614. The van der Waals surface area contributed by atoms with E-state index >= 15 is 0 Å². The van der Waals surface area contributed by atoms with Gasteiger partial charge in [-0.2, -0.15) is 0 Å². The van der Waals surface area contributed by atoms with Gasteiger partial charge in [-0.1, -0.05) is 49.2 Å². The number of rotatable bonds is 2. The van der Waals surface area contributed by atoms with Crippen molar-refractivity contribution in [3.63, 3.8) is 0 Å². The number of nitrogens with two attached hydrogens (primary N) is 2. The highest BCUT2D eigenvalue weighted by Gasteiger charge is 2.21. The fraction of sp³-hybridized carbons (Fsp3) is 0.273. The number of fused-ring (bicyclic) bond motifs is 1. The molecule has 0 bridgehead atoms. The topological polar surface area (TPSA) is 77.8 Å². The van der Waals surface area contributed by atoms with Gasteiger partial charge in [-0.05, 0) is 48.9 Å². The van der Waals surface area contributed by atoms with Crippen LogP contribution < -0.4 is 11.5 Å². The van der Waals surface area contributed by atoms with Crippen LogP contribution in [0.2, 0.25) is 0 Å². The molecule has 4 N–H and O–H groups in total. The van der Waals surface area contributed by atoms with Crippen LogP contribution in [0.15, 0.2) is 48.5 Å². The molecule has 0 spiro atoms. The monoisotopic (exact) mass is 344 g/mol. The Morgan fingerprint density at radius 3 is 1.42 bits per heavy atom. The zero-order valence-electron chi connectivity index (χ0n) is 14.9. The second-order valence-corrected chi connectivity index (χ2v) is 6.94. The van der Waals surface area contributed by atoms with Crippen LogP contribution >= 0.6 is 0 Å². The van der Waals surface area contributed by atoms with Crippen LogP contribution in [-0.4, -0.2) is 10.2 Å². The van der Waals surface area contributed by atoms with Crippen molar-refractivity contribution in [3.8, 4) is 22.5 Å². The quantitative estimate of drug-likeness (QED) is 0.664. The van der Waals surface area contributed by atoms with Gasteiger partial charge in [0.25, 0.3) is 0 Å². The van der Waals surface area contributed by atoms with Crippen molar-refractivity contribution < 1.29 is 0 Å². The molecule has 4 nitrogen and oxygen atoms in total. The summed E-state index contributed by atoms with van der Waals surface area (Å²) in [6.45, 7) is 0. The average molecular weight is 344 g/mol. The number of aromatic nitrogens is 2. The van der Waals surface area contributed by atoms with Gasteiger partial charge in [-0.15, -0.1) is 10.2 Å². The third-order valence-electron chi connectivity index (χ3n) is 5.22. The lowest BCUT2D eigenvalue weighted by Gasteiger charge is -2.20. The summed E-state index contributed by atoms with van der Waals surface area (Å²) in [6.07, 6.45) is 6.87. The van der Waals surface area contributed by atoms with Crippen LogP contribution in [0, 0.1) is 0 Å². The third kappa shape index (κ3) is 3.03. The van der Waals surface area contributed by atoms with E-state index in [0.717, 1.165) is 46.7 Å². The minimum Gasteiger partial charge on any atom is -0.398 e. The standard InChI is InChI=1S/C22H24N4/c23-19-13-7-5-11-17(19)21-15-9-3-1-2-4-10-16(15)22(26-25-21)18-12-6-8-14-20(18)24/h5-8,11-14H,1-4,9-10,23-24H2. The molecular weight excluding hydrogens is 320 g/mol. The number of nitrogens with zero attached hydrogens (tertiary/aromatic N) is 2. The highest BCUT2D eigenvalue weighted by atomic mass is 15.1. The molecule has 0 saturated heterocycles. The Hall–Kier alpha value is -2.88. The molecule has 0 unspecified atom stereocenters. The average Bonchev–Trinajstić information content (AvgIpc) is 2.63. The minimum atomic E-state index is 0.748. The fourth-order valence-electron chi connectivity index (χ4n) is 3.86. The van der Waals surface area contributed by atoms with Crippen molar-refractivity contribution in [2.45, 2.75) is 38.5 Å². The summed E-state index contributed by atoms with van der Waals surface area (Å²) >= 11 is 0. The van der Waals surface area contributed by atoms with Crippen molar-refractivity contribution in [2.75, 3.05) is 11.5 Å². The van der Waals surface area contributed by atoms with E-state index in [2.05, 4.69) is 10.2 Å². The van der Waals surface area contributed by atoms with Gasteiger partial charge in [0.2, 0.25) is 0 Å². The molecule has 132 valence electrons. The molecule has 0 fully saturated rings. The van der Waals surface area contributed by atoms with Crippen LogP contribution in [0.3, 0.4) is 0 Å². The molecule has 2 aromatic carbocycles. The number of benzene rings is 2. The predicted octanol–water partition coefficient (Wildman–Crippen LogP) is 4.63. The summed E-state index contributed by atoms with van der Waals surface area (Å²) in [7, 11) is 0. The maximum Gasteiger partial charge on any atom is 0.0985 e. The summed E-state index contributed by atoms with van der Waals surface area (Å²) in [4.78, 5) is 0. The number of hydrogen-bond acceptors (Lipinski definition) is 4. The van der Waals surface area contributed by atoms with Crippen molar-refractivity contribution in [1.82, 2.24) is 10.2 Å². The van der Waals surface area contributed by atoms with Gasteiger partial charge >= 0.3 is 0 Å². The van der Waals surface area contributed by atoms with Gasteiger partial charge in [-0.3, -0.25) is 0 Å². The van der Waals surface area contributed by atoms with Gasteiger partial charge < -0.3 is 11.5 Å². The Kier molecular flexibility index (Phi) is 4.57. The Bertz CT molecular complexity index is 857. The molecule has 0 amide bonds. The van der Waals surface area contributed by atoms with Crippen molar-refractivity contribution in [1.29, 1.82) is 0 Å². The first-order valence-corrected chi connectivity index (χ1v) is 9.34. The first-order valence-electron chi connectivity index (χ1n) is 9.34. The van der Waals surface area contributed by atoms with E-state index in [1.807, 2.05) is 48.5 Å². The molecule has 4 heteroatoms. The van der Waals surface area contributed by atoms with E-state index in [9.17, 15) is 0 Å². The normalized spacial score (nSPS) is 14.3. The second kappa shape index (κ2) is 7.16. The van der Waals surface area contributed by atoms with Crippen LogP contribution in [0.5, 0.6) is 0 Å². The zero-order chi connectivity index (χ0) is 17.9. The largest absolute Gasteiger partial charge is 0.398 e. The highest BCUT2D eigenvalue weighted by Crippen LogP contribution is 2.37. The van der Waals surface area contributed by atoms with E-state index in [0.29, 0.717) is 0 Å². The lowest BCUT2D eigenvalue weighted by atomic mass is 9.88. The summed E-state index contributed by atoms with van der Waals surface area (Å²) in [5.74, 6) is 0. The molecule has 0 aliphatic heterocycles. The Labute approximate surface area is 154 Å². The van der Waals surface area contributed by atoms with Gasteiger partial charge in [0.1, 0.15) is 0 Å². The lowest BCUT2D eigenvalue weighted by Crippen LogP contribution is -2.10. The number of hydrogen-bond donors (Lipinski definition) is 2. The van der Waals surface area contributed by atoms with Gasteiger partial charge in [0.05, 0.1) is 11.4 Å². The minimum absolute atomic E-state index is 0.748. The Morgan fingerprint density at radius 2 is 1.00 bits per heavy atom. The Balaban J connectivity index is 1.95. The number of para-hydroxylation sites is 2. The maximum absolute atomic E-state index is 6.24. The summed E-state index contributed by atoms with van der Waals surface area (Å²) in [5, 5.41) is 9.25. The number of anilines is 2. The number of nitrogen functional groups attached to an aromatic ring is 2. The summed E-state index contributed by atoms with van der Waals surface area (Å²) < 4.78 is 0. The molecule has 1 aliphatic rings. The molecule has 1 aromatic heterocycles. The van der Waals surface area contributed by atoms with E-state index in [1.165, 1.54) is 36.8 Å². The first kappa shape index (κ1) is 16.6. The molecule has 1 heterocycles. The second-order valence-electron chi connectivity index (χ2n) is 6.94. The summed E-state index contributed by atoms with van der Waals surface area (Å²) in [5.41, 5.74) is 20.4. The van der Waals surface area contributed by atoms with Crippen LogP contribution in [0.25, 0.3) is 22.5 Å². The van der Waals surface area contributed by atoms with E-state index in [4.69, 9.17) is 11.5 Å². The molecule has 26 heavy (non-hydrogen) atoms. The van der Waals surface area contributed by atoms with Crippen molar-refractivity contribution in [2.24, 2.45) is 0 Å². The molecule has 0 radical (unpaired) electrons. The molecule has 0 atom stereocenters. The van der Waals surface area contributed by atoms with E-state index in [1.54, 1.807) is 0 Å². The van der Waals surface area contributed by atoms with Crippen LogP contribution in [-0.2, 0) is 12.8 Å². The van der Waals surface area contributed by atoms with Crippen LogP contribution in [0.4, 0.5) is 11.4 Å². The van der Waals surface area contributed by atoms with Gasteiger partial charge in [0.15, 0.2) is 0 Å². The third-order valence-corrected chi connectivity index (χ3v) is 5.22. The SMILES string of the molecule is Nc1ccccc1-c1nnc(-c2ccccc2N)c2c1CCCCCC2. The molecule has 0 saturated carbocycles. The molecule has 1 aliphatic carbocycles. The highest BCUT2D eigenvalue weighted by molar-refractivity contribution is 5.81. The Morgan fingerprint density at radius 1 is 0.577 bits per heavy atom. The zero-order valence-corrected chi connectivity index (χ0v) is 14.9. The first-order chi connectivity index (χ1) is 12.8. The van der Waals surface area contributed by atoms with Crippen LogP contribution in [0.1, 0.15) is 36.8 Å². The van der Waals surface area contributed by atoms with Gasteiger partial charge in [0, 0.05) is 22.5 Å². The van der Waals surface area contributed by atoms with E-state index < -0.39 is 0 Å². The molecule has 3 aromatic rings. The molecule has 4 rings (SSSR count). The van der Waals surface area contributed by atoms with Gasteiger partial charge in [-0.25, -0.2) is 0 Å².